The lowest BCUT2D eigenvalue weighted by Crippen LogP contribution is -2.17. The van der Waals surface area contributed by atoms with Gasteiger partial charge in [0.05, 0.1) is 0 Å². The summed E-state index contributed by atoms with van der Waals surface area (Å²) in [6.07, 6.45) is 5.81. The fourth-order valence-electron chi connectivity index (χ4n) is 3.00. The maximum atomic E-state index is 9.16. The minimum atomic E-state index is 0.729. The van der Waals surface area contributed by atoms with Crippen LogP contribution in [0.3, 0.4) is 0 Å². The highest BCUT2D eigenvalue weighted by molar-refractivity contribution is 5.84. The first-order chi connectivity index (χ1) is 11.2. The lowest BCUT2D eigenvalue weighted by atomic mass is 10.1. The first kappa shape index (κ1) is 15.3. The Morgan fingerprint density at radius 2 is 2.13 bits per heavy atom. The van der Waals surface area contributed by atoms with Gasteiger partial charge in [-0.3, -0.25) is 9.88 Å². The largest absolute Gasteiger partial charge is 0.339 e. The minimum absolute atomic E-state index is 0.729. The third kappa shape index (κ3) is 3.25. The maximum Gasteiger partial charge on any atom is 0.120 e. The summed E-state index contributed by atoms with van der Waals surface area (Å²) in [5, 5.41) is 11.6. The number of aromatic nitrogens is 2. The fraction of sp³-hybridized carbons (Fsp3) is 0.263. The molecule has 0 aliphatic carbocycles. The van der Waals surface area contributed by atoms with Gasteiger partial charge in [0.1, 0.15) is 11.8 Å². The molecule has 2 aromatic heterocycles. The molecule has 0 aliphatic rings. The molecular weight excluding hydrogens is 284 g/mol. The maximum absolute atomic E-state index is 9.16. The molecule has 2 heterocycles. The van der Waals surface area contributed by atoms with E-state index in [1.54, 1.807) is 0 Å². The Bertz CT molecular complexity index is 852. The van der Waals surface area contributed by atoms with Gasteiger partial charge in [-0.05, 0) is 42.6 Å². The molecule has 0 bridgehead atoms. The Hall–Kier alpha value is -2.64. The summed E-state index contributed by atoms with van der Waals surface area (Å²) in [5.74, 6) is 0. The van der Waals surface area contributed by atoms with Gasteiger partial charge in [-0.2, -0.15) is 5.26 Å². The highest BCUT2D eigenvalue weighted by Crippen LogP contribution is 2.19. The van der Waals surface area contributed by atoms with E-state index in [0.717, 1.165) is 25.3 Å². The normalized spacial score (nSPS) is 11.0. The highest BCUT2D eigenvalue weighted by Gasteiger charge is 2.09. The molecule has 0 aliphatic heterocycles. The smallest absolute Gasteiger partial charge is 0.120 e. The molecule has 4 heteroatoms. The van der Waals surface area contributed by atoms with E-state index in [2.05, 4.69) is 60.4 Å². The first-order valence-electron chi connectivity index (χ1n) is 7.80. The Kier molecular flexibility index (Phi) is 4.40. The van der Waals surface area contributed by atoms with Gasteiger partial charge in [0, 0.05) is 43.6 Å². The molecule has 0 atom stereocenters. The van der Waals surface area contributed by atoms with Gasteiger partial charge < -0.3 is 4.57 Å². The molecule has 0 saturated carbocycles. The minimum Gasteiger partial charge on any atom is -0.339 e. The van der Waals surface area contributed by atoms with Crippen LogP contribution >= 0.6 is 0 Å². The van der Waals surface area contributed by atoms with E-state index < -0.39 is 0 Å². The van der Waals surface area contributed by atoms with E-state index in [9.17, 15) is 0 Å². The van der Waals surface area contributed by atoms with Crippen LogP contribution in [-0.2, 0) is 19.6 Å². The lowest BCUT2D eigenvalue weighted by molar-refractivity contribution is 0.320. The number of nitrogens with zero attached hydrogens (tertiary/aromatic N) is 4. The van der Waals surface area contributed by atoms with Crippen LogP contribution < -0.4 is 0 Å². The van der Waals surface area contributed by atoms with Gasteiger partial charge >= 0.3 is 0 Å². The topological polar surface area (TPSA) is 44.9 Å². The number of nitriles is 1. The van der Waals surface area contributed by atoms with E-state index in [-0.39, 0.29) is 0 Å². The van der Waals surface area contributed by atoms with Gasteiger partial charge in [-0.15, -0.1) is 0 Å². The predicted molar refractivity (Wildman–Crippen MR) is 91.7 cm³/mol. The Morgan fingerprint density at radius 1 is 1.26 bits per heavy atom. The van der Waals surface area contributed by atoms with Gasteiger partial charge in [0.15, 0.2) is 0 Å². The van der Waals surface area contributed by atoms with Crippen LogP contribution in [0, 0.1) is 11.3 Å². The van der Waals surface area contributed by atoms with Crippen LogP contribution in [0.25, 0.3) is 10.8 Å². The number of benzene rings is 1. The van der Waals surface area contributed by atoms with E-state index in [1.807, 2.05) is 23.0 Å². The van der Waals surface area contributed by atoms with Gasteiger partial charge in [0.25, 0.3) is 0 Å². The number of pyridine rings is 1. The van der Waals surface area contributed by atoms with Gasteiger partial charge in [-0.1, -0.05) is 18.2 Å². The molecule has 3 aromatic rings. The second-order valence-corrected chi connectivity index (χ2v) is 5.82. The van der Waals surface area contributed by atoms with Gasteiger partial charge in [-0.25, -0.2) is 0 Å². The highest BCUT2D eigenvalue weighted by atomic mass is 15.1. The second kappa shape index (κ2) is 6.64. The number of fused-ring (bicyclic) bond motifs is 1. The summed E-state index contributed by atoms with van der Waals surface area (Å²) < 4.78 is 1.99. The molecule has 0 spiro atoms. The summed E-state index contributed by atoms with van der Waals surface area (Å²) >= 11 is 0. The van der Waals surface area contributed by atoms with Crippen molar-refractivity contribution in [1.29, 1.82) is 5.26 Å². The molecule has 0 fully saturated rings. The number of aryl methyl sites for hydroxylation is 1. The molecule has 1 aromatic carbocycles. The molecule has 4 nitrogen and oxygen atoms in total. The third-order valence-corrected chi connectivity index (χ3v) is 4.07. The van der Waals surface area contributed by atoms with Crippen LogP contribution in [0.1, 0.15) is 23.7 Å². The molecule has 0 unspecified atom stereocenters. The van der Waals surface area contributed by atoms with Crippen molar-refractivity contribution >= 4 is 10.8 Å². The monoisotopic (exact) mass is 304 g/mol. The number of hydrogen-bond acceptors (Lipinski definition) is 3. The molecule has 0 N–H and O–H groups in total. The third-order valence-electron chi connectivity index (χ3n) is 4.07. The zero-order valence-electron chi connectivity index (χ0n) is 13.5. The quantitative estimate of drug-likeness (QED) is 0.724. The van der Waals surface area contributed by atoms with Crippen molar-refractivity contribution in [2.45, 2.75) is 26.6 Å². The molecule has 0 radical (unpaired) electrons. The van der Waals surface area contributed by atoms with E-state index >= 15 is 0 Å². The number of hydrogen-bond donors (Lipinski definition) is 0. The SMILES string of the molecule is CCn1cc(CN(C)Cc2cccc3cnccc23)cc1C#N. The van der Waals surface area contributed by atoms with E-state index in [0.29, 0.717) is 0 Å². The summed E-state index contributed by atoms with van der Waals surface area (Å²) in [6.45, 7) is 4.56. The summed E-state index contributed by atoms with van der Waals surface area (Å²) in [4.78, 5) is 6.45. The zero-order chi connectivity index (χ0) is 16.2. The molecule has 23 heavy (non-hydrogen) atoms. The predicted octanol–water partition coefficient (Wildman–Crippen LogP) is 3.56. The average Bonchev–Trinajstić information content (AvgIpc) is 2.97. The van der Waals surface area contributed by atoms with Crippen LogP contribution in [0.2, 0.25) is 0 Å². The first-order valence-corrected chi connectivity index (χ1v) is 7.80. The summed E-state index contributed by atoms with van der Waals surface area (Å²) in [5.41, 5.74) is 3.20. The van der Waals surface area contributed by atoms with E-state index in [4.69, 9.17) is 5.26 Å². The molecule has 0 saturated heterocycles. The van der Waals surface area contributed by atoms with Crippen molar-refractivity contribution in [3.05, 3.63) is 65.7 Å². The standard InChI is InChI=1S/C19H20N4/c1-3-23-13-15(9-18(23)10-20)12-22(2)14-17-6-4-5-16-11-21-8-7-19(16)17/h4-9,11,13H,3,12,14H2,1-2H3. The Labute approximate surface area is 136 Å². The average molecular weight is 304 g/mol. The summed E-state index contributed by atoms with van der Waals surface area (Å²) in [6, 6.07) is 12.6. The summed E-state index contributed by atoms with van der Waals surface area (Å²) in [7, 11) is 2.11. The lowest BCUT2D eigenvalue weighted by Gasteiger charge is -2.17. The Morgan fingerprint density at radius 3 is 2.87 bits per heavy atom. The van der Waals surface area contributed by atoms with Crippen molar-refractivity contribution in [3.63, 3.8) is 0 Å². The molecule has 116 valence electrons. The molecule has 3 rings (SSSR count). The molecule has 0 amide bonds. The van der Waals surface area contributed by atoms with Crippen LogP contribution in [-0.4, -0.2) is 21.5 Å². The van der Waals surface area contributed by atoms with E-state index in [1.165, 1.54) is 21.9 Å². The Balaban J connectivity index is 1.78. The zero-order valence-corrected chi connectivity index (χ0v) is 13.5. The fourth-order valence-corrected chi connectivity index (χ4v) is 3.00. The van der Waals surface area contributed by atoms with Crippen molar-refractivity contribution in [1.82, 2.24) is 14.5 Å². The van der Waals surface area contributed by atoms with Gasteiger partial charge in [0.2, 0.25) is 0 Å². The second-order valence-electron chi connectivity index (χ2n) is 5.82. The number of rotatable bonds is 5. The van der Waals surface area contributed by atoms with Crippen molar-refractivity contribution in [3.8, 4) is 6.07 Å². The van der Waals surface area contributed by atoms with Crippen LogP contribution in [0.5, 0.6) is 0 Å². The van der Waals surface area contributed by atoms with Crippen molar-refractivity contribution < 1.29 is 0 Å². The van der Waals surface area contributed by atoms with Crippen molar-refractivity contribution in [2.75, 3.05) is 7.05 Å². The van der Waals surface area contributed by atoms with Crippen LogP contribution in [0.4, 0.5) is 0 Å². The molecular formula is C19H20N4. The van der Waals surface area contributed by atoms with Crippen molar-refractivity contribution in [2.24, 2.45) is 0 Å². The van der Waals surface area contributed by atoms with Crippen LogP contribution in [0.15, 0.2) is 48.9 Å².